The molecule has 0 fully saturated rings. The molecule has 0 radical (unpaired) electrons. The zero-order chi connectivity index (χ0) is 18.4. The fourth-order valence-corrected chi connectivity index (χ4v) is 3.37. The van der Waals surface area contributed by atoms with Crippen LogP contribution in [0.1, 0.15) is 16.8 Å². The summed E-state index contributed by atoms with van der Waals surface area (Å²) in [6, 6.07) is 16.8. The van der Waals surface area contributed by atoms with Crippen molar-refractivity contribution in [3.8, 4) is 11.4 Å². The van der Waals surface area contributed by atoms with E-state index >= 15 is 0 Å². The Kier molecular flexibility index (Phi) is 3.65. The molecule has 2 aromatic carbocycles. The summed E-state index contributed by atoms with van der Waals surface area (Å²) in [4.78, 5) is 25.8. The second-order valence-electron chi connectivity index (χ2n) is 6.57. The smallest absolute Gasteiger partial charge is 0.280 e. The van der Waals surface area contributed by atoms with Crippen LogP contribution in [0.4, 0.5) is 0 Å². The number of benzene rings is 2. The van der Waals surface area contributed by atoms with Gasteiger partial charge in [0.05, 0.1) is 16.6 Å². The first-order valence-electron chi connectivity index (χ1n) is 8.48. The Bertz CT molecular complexity index is 1240. The third kappa shape index (κ3) is 2.40. The number of hydrogen-bond donors (Lipinski definition) is 1. The van der Waals surface area contributed by atoms with Crippen LogP contribution in [-0.2, 0) is 0 Å². The number of rotatable bonds is 2. The van der Waals surface area contributed by atoms with Gasteiger partial charge in [-0.2, -0.15) is 0 Å². The van der Waals surface area contributed by atoms with Crippen molar-refractivity contribution in [2.75, 3.05) is 0 Å². The Morgan fingerprint density at radius 2 is 1.58 bits per heavy atom. The quantitative estimate of drug-likeness (QED) is 0.605. The van der Waals surface area contributed by atoms with Crippen LogP contribution in [0.2, 0.25) is 0 Å². The highest BCUT2D eigenvalue weighted by Gasteiger charge is 2.16. The summed E-state index contributed by atoms with van der Waals surface area (Å²) in [6.45, 7) is 5.75. The molecule has 0 atom stereocenters. The van der Waals surface area contributed by atoms with Crippen molar-refractivity contribution in [1.29, 1.82) is 0 Å². The monoisotopic (exact) mass is 345 g/mol. The van der Waals surface area contributed by atoms with Gasteiger partial charge in [-0.3, -0.25) is 19.3 Å². The molecule has 0 unspecified atom stereocenters. The standard InChI is InChI=1S/C21H19N3O2/c1-13-8-10-16(11-9-13)23-15(3)20-17(12-19(23)25)22-24(21(20)26)18-7-5-4-6-14(18)2/h4-12,22H,1-3H3. The van der Waals surface area contributed by atoms with Crippen LogP contribution >= 0.6 is 0 Å². The molecule has 0 aliphatic rings. The van der Waals surface area contributed by atoms with Crippen molar-refractivity contribution in [2.24, 2.45) is 0 Å². The molecule has 0 amide bonds. The minimum absolute atomic E-state index is 0.160. The number of fused-ring (bicyclic) bond motifs is 1. The van der Waals surface area contributed by atoms with Crippen LogP contribution in [0.3, 0.4) is 0 Å². The van der Waals surface area contributed by atoms with E-state index in [-0.39, 0.29) is 11.1 Å². The number of aryl methyl sites for hydroxylation is 3. The summed E-state index contributed by atoms with van der Waals surface area (Å²) >= 11 is 0. The zero-order valence-electron chi connectivity index (χ0n) is 14.9. The van der Waals surface area contributed by atoms with Gasteiger partial charge in [0.25, 0.3) is 11.1 Å². The van der Waals surface area contributed by atoms with E-state index in [1.54, 1.807) is 11.5 Å². The second-order valence-corrected chi connectivity index (χ2v) is 6.57. The van der Waals surface area contributed by atoms with E-state index in [9.17, 15) is 9.59 Å². The van der Waals surface area contributed by atoms with Crippen LogP contribution in [-0.4, -0.2) is 14.3 Å². The van der Waals surface area contributed by atoms with Crippen LogP contribution in [0.15, 0.2) is 64.2 Å². The van der Waals surface area contributed by atoms with Crippen LogP contribution in [0.5, 0.6) is 0 Å². The molecule has 5 nitrogen and oxygen atoms in total. The zero-order valence-corrected chi connectivity index (χ0v) is 14.9. The van der Waals surface area contributed by atoms with E-state index in [0.29, 0.717) is 16.6 Å². The Labute approximate surface area is 150 Å². The van der Waals surface area contributed by atoms with E-state index in [4.69, 9.17) is 0 Å². The van der Waals surface area contributed by atoms with Crippen molar-refractivity contribution in [3.63, 3.8) is 0 Å². The van der Waals surface area contributed by atoms with Gasteiger partial charge in [0.1, 0.15) is 0 Å². The van der Waals surface area contributed by atoms with E-state index in [2.05, 4.69) is 5.10 Å². The van der Waals surface area contributed by atoms with Gasteiger partial charge < -0.3 is 0 Å². The number of H-pyrrole nitrogens is 1. The third-order valence-electron chi connectivity index (χ3n) is 4.75. The average Bonchev–Trinajstić information content (AvgIpc) is 2.93. The van der Waals surface area contributed by atoms with Crippen molar-refractivity contribution in [2.45, 2.75) is 20.8 Å². The van der Waals surface area contributed by atoms with Crippen LogP contribution in [0, 0.1) is 20.8 Å². The van der Waals surface area contributed by atoms with E-state index in [1.165, 1.54) is 10.7 Å². The van der Waals surface area contributed by atoms with Gasteiger partial charge in [0, 0.05) is 17.4 Å². The van der Waals surface area contributed by atoms with Crippen molar-refractivity contribution in [1.82, 2.24) is 14.3 Å². The Balaban J connectivity index is 2.03. The Morgan fingerprint density at radius 1 is 0.885 bits per heavy atom. The maximum Gasteiger partial charge on any atom is 0.280 e. The first-order valence-corrected chi connectivity index (χ1v) is 8.48. The maximum atomic E-state index is 13.1. The Morgan fingerprint density at radius 3 is 2.27 bits per heavy atom. The van der Waals surface area contributed by atoms with E-state index in [1.807, 2.05) is 62.4 Å². The van der Waals surface area contributed by atoms with E-state index in [0.717, 1.165) is 22.5 Å². The lowest BCUT2D eigenvalue weighted by Gasteiger charge is -2.10. The molecular formula is C21H19N3O2. The molecule has 2 aromatic heterocycles. The topological polar surface area (TPSA) is 59.8 Å². The lowest BCUT2D eigenvalue weighted by Crippen LogP contribution is -2.22. The molecular weight excluding hydrogens is 326 g/mol. The number of para-hydroxylation sites is 1. The van der Waals surface area contributed by atoms with Crippen molar-refractivity contribution in [3.05, 3.63) is 92.1 Å². The minimum atomic E-state index is -0.169. The SMILES string of the molecule is Cc1ccc(-n2c(C)c3c(=O)n(-c4ccccc4C)[nH]c3cc2=O)cc1. The minimum Gasteiger partial charge on any atom is -0.290 e. The lowest BCUT2D eigenvalue weighted by molar-refractivity contribution is 0.856. The summed E-state index contributed by atoms with van der Waals surface area (Å²) in [7, 11) is 0. The molecule has 0 aliphatic carbocycles. The average molecular weight is 345 g/mol. The van der Waals surface area contributed by atoms with Gasteiger partial charge >= 0.3 is 0 Å². The molecule has 4 rings (SSSR count). The number of pyridine rings is 1. The largest absolute Gasteiger partial charge is 0.290 e. The summed E-state index contributed by atoms with van der Waals surface area (Å²) in [5.74, 6) is 0. The summed E-state index contributed by atoms with van der Waals surface area (Å²) in [6.07, 6.45) is 0. The molecule has 4 aromatic rings. The van der Waals surface area contributed by atoms with Crippen LogP contribution < -0.4 is 11.1 Å². The van der Waals surface area contributed by atoms with Gasteiger partial charge in [0.15, 0.2) is 0 Å². The highest BCUT2D eigenvalue weighted by molar-refractivity contribution is 5.81. The van der Waals surface area contributed by atoms with Gasteiger partial charge in [0.2, 0.25) is 0 Å². The van der Waals surface area contributed by atoms with Gasteiger partial charge in [-0.1, -0.05) is 35.9 Å². The van der Waals surface area contributed by atoms with E-state index < -0.39 is 0 Å². The summed E-state index contributed by atoms with van der Waals surface area (Å²) in [5.41, 5.74) is 4.47. The van der Waals surface area contributed by atoms with Gasteiger partial charge in [-0.25, -0.2) is 4.68 Å². The second kappa shape index (κ2) is 5.88. The Hall–Kier alpha value is -3.34. The molecule has 0 aliphatic heterocycles. The molecule has 0 spiro atoms. The normalized spacial score (nSPS) is 11.2. The highest BCUT2D eigenvalue weighted by Crippen LogP contribution is 2.18. The molecule has 0 saturated carbocycles. The number of nitrogens with one attached hydrogen (secondary N) is 1. The molecule has 130 valence electrons. The first kappa shape index (κ1) is 16.1. The molecule has 26 heavy (non-hydrogen) atoms. The van der Waals surface area contributed by atoms with Gasteiger partial charge in [-0.15, -0.1) is 0 Å². The molecule has 0 bridgehead atoms. The van der Waals surface area contributed by atoms with Crippen molar-refractivity contribution >= 4 is 10.9 Å². The summed E-state index contributed by atoms with van der Waals surface area (Å²) in [5, 5.41) is 3.60. The van der Waals surface area contributed by atoms with Gasteiger partial charge in [-0.05, 0) is 44.5 Å². The summed E-state index contributed by atoms with van der Waals surface area (Å²) < 4.78 is 3.09. The maximum absolute atomic E-state index is 13.1. The first-order chi connectivity index (χ1) is 12.5. The number of aromatic nitrogens is 3. The fourth-order valence-electron chi connectivity index (χ4n) is 3.37. The molecule has 2 heterocycles. The molecule has 1 N–H and O–H groups in total. The number of aromatic amines is 1. The molecule has 0 saturated heterocycles. The fraction of sp³-hybridized carbons (Fsp3) is 0.143. The third-order valence-corrected chi connectivity index (χ3v) is 4.75. The van der Waals surface area contributed by atoms with Crippen molar-refractivity contribution < 1.29 is 0 Å². The lowest BCUT2D eigenvalue weighted by atomic mass is 10.2. The predicted octanol–water partition coefficient (Wildman–Crippen LogP) is 3.39. The molecule has 5 heteroatoms. The highest BCUT2D eigenvalue weighted by atomic mass is 16.1. The van der Waals surface area contributed by atoms with Crippen LogP contribution in [0.25, 0.3) is 22.3 Å². The number of hydrogen-bond acceptors (Lipinski definition) is 2. The predicted molar refractivity (Wildman–Crippen MR) is 104 cm³/mol. The number of nitrogens with zero attached hydrogens (tertiary/aromatic N) is 2.